The molecule has 1 aromatic heterocycles. The van der Waals surface area contributed by atoms with Gasteiger partial charge in [-0.05, 0) is 37.1 Å². The van der Waals surface area contributed by atoms with Crippen LogP contribution in [0.15, 0.2) is 88.5 Å². The van der Waals surface area contributed by atoms with E-state index in [4.69, 9.17) is 0 Å². The van der Waals surface area contributed by atoms with Crippen LogP contribution in [0.4, 0.5) is 0 Å². The molecule has 0 saturated heterocycles. The third-order valence-electron chi connectivity index (χ3n) is 5.39. The summed E-state index contributed by atoms with van der Waals surface area (Å²) in [5.41, 5.74) is 3.48. The van der Waals surface area contributed by atoms with Gasteiger partial charge in [-0.25, -0.2) is 9.36 Å². The molecule has 5 heteroatoms. The smallest absolute Gasteiger partial charge is 0.338 e. The summed E-state index contributed by atoms with van der Waals surface area (Å²) in [6, 6.07) is 24.4. The van der Waals surface area contributed by atoms with E-state index in [1.807, 2.05) is 80.6 Å². The Bertz CT molecular complexity index is 1320. The van der Waals surface area contributed by atoms with Gasteiger partial charge in [0.1, 0.15) is 0 Å². The maximum atomic E-state index is 13.3. The number of aromatic nitrogens is 2. The second kappa shape index (κ2) is 8.48. The molecule has 0 aliphatic rings. The lowest BCUT2D eigenvalue weighted by Gasteiger charge is -2.16. The van der Waals surface area contributed by atoms with Gasteiger partial charge in [0.25, 0.3) is 5.56 Å². The minimum atomic E-state index is -0.566. The molecule has 0 fully saturated rings. The Morgan fingerprint density at radius 3 is 1.94 bits per heavy atom. The number of aryl methyl sites for hydroxylation is 2. The van der Waals surface area contributed by atoms with E-state index < -0.39 is 11.2 Å². The van der Waals surface area contributed by atoms with Crippen LogP contribution in [0.3, 0.4) is 0 Å². The number of rotatable bonds is 5. The lowest BCUT2D eigenvalue weighted by molar-refractivity contribution is 0.398. The van der Waals surface area contributed by atoms with E-state index in [0.29, 0.717) is 5.69 Å². The fourth-order valence-corrected chi connectivity index (χ4v) is 3.59. The summed E-state index contributed by atoms with van der Waals surface area (Å²) in [4.78, 5) is 26.7. The van der Waals surface area contributed by atoms with Gasteiger partial charge in [0.05, 0.1) is 17.8 Å². The highest BCUT2D eigenvalue weighted by Crippen LogP contribution is 2.18. The fourth-order valence-electron chi connectivity index (χ4n) is 3.59. The standard InChI is InChI=1S/C26H24N2O3/c1-18-8-12-21(13-9-18)17-27-24(29)23(16-20-6-4-3-5-7-20)25(30)28(26(27)31)22-14-10-19(2)11-15-22/h3-15,29H,16-17H2,1-2H3. The zero-order chi connectivity index (χ0) is 22.0. The Labute approximate surface area is 180 Å². The largest absolute Gasteiger partial charge is 0.494 e. The number of hydrogen-bond acceptors (Lipinski definition) is 3. The van der Waals surface area contributed by atoms with Crippen LogP contribution in [-0.4, -0.2) is 14.2 Å². The molecule has 156 valence electrons. The Hall–Kier alpha value is -3.86. The number of hydrogen-bond donors (Lipinski definition) is 1. The first kappa shape index (κ1) is 20.4. The van der Waals surface area contributed by atoms with Crippen molar-refractivity contribution in [3.8, 4) is 11.6 Å². The van der Waals surface area contributed by atoms with Crippen LogP contribution < -0.4 is 11.2 Å². The normalized spacial score (nSPS) is 10.9. The molecule has 0 spiro atoms. The third kappa shape index (κ3) is 4.21. The van der Waals surface area contributed by atoms with Crippen LogP contribution in [0.1, 0.15) is 27.8 Å². The first-order valence-corrected chi connectivity index (χ1v) is 10.2. The van der Waals surface area contributed by atoms with E-state index in [-0.39, 0.29) is 24.4 Å². The first-order valence-electron chi connectivity index (χ1n) is 10.2. The van der Waals surface area contributed by atoms with Crippen LogP contribution in [0.25, 0.3) is 5.69 Å². The van der Waals surface area contributed by atoms with E-state index in [0.717, 1.165) is 26.8 Å². The SMILES string of the molecule is Cc1ccc(Cn2c(O)c(Cc3ccccc3)c(=O)n(-c3ccc(C)cc3)c2=O)cc1. The molecule has 0 aliphatic heterocycles. The quantitative estimate of drug-likeness (QED) is 0.540. The Kier molecular flexibility index (Phi) is 5.58. The van der Waals surface area contributed by atoms with E-state index >= 15 is 0 Å². The minimum absolute atomic E-state index is 0.166. The van der Waals surface area contributed by atoms with Crippen molar-refractivity contribution >= 4 is 0 Å². The molecule has 0 saturated carbocycles. The number of nitrogens with zero attached hydrogens (tertiary/aromatic N) is 2. The third-order valence-corrected chi connectivity index (χ3v) is 5.39. The lowest BCUT2D eigenvalue weighted by Crippen LogP contribution is -2.40. The van der Waals surface area contributed by atoms with Crippen molar-refractivity contribution in [2.24, 2.45) is 0 Å². The van der Waals surface area contributed by atoms with Crippen molar-refractivity contribution in [1.29, 1.82) is 0 Å². The van der Waals surface area contributed by atoms with Gasteiger partial charge >= 0.3 is 5.69 Å². The van der Waals surface area contributed by atoms with Gasteiger partial charge in [-0.15, -0.1) is 0 Å². The summed E-state index contributed by atoms with van der Waals surface area (Å²) < 4.78 is 2.41. The van der Waals surface area contributed by atoms with E-state index in [2.05, 4.69) is 0 Å². The molecule has 31 heavy (non-hydrogen) atoms. The van der Waals surface area contributed by atoms with Gasteiger partial charge in [0.15, 0.2) is 0 Å². The lowest BCUT2D eigenvalue weighted by atomic mass is 10.1. The Morgan fingerprint density at radius 2 is 1.32 bits per heavy atom. The average Bonchev–Trinajstić information content (AvgIpc) is 2.78. The monoisotopic (exact) mass is 412 g/mol. The molecule has 0 amide bonds. The molecule has 4 aromatic rings. The Balaban J connectivity index is 1.92. The van der Waals surface area contributed by atoms with Gasteiger partial charge in [0.2, 0.25) is 5.88 Å². The maximum absolute atomic E-state index is 13.3. The molecule has 0 unspecified atom stereocenters. The fraction of sp³-hybridized carbons (Fsp3) is 0.154. The van der Waals surface area contributed by atoms with Crippen LogP contribution in [0.5, 0.6) is 5.88 Å². The van der Waals surface area contributed by atoms with Gasteiger partial charge < -0.3 is 5.11 Å². The van der Waals surface area contributed by atoms with Crippen molar-refractivity contribution in [2.75, 3.05) is 0 Å². The zero-order valence-corrected chi connectivity index (χ0v) is 17.6. The van der Waals surface area contributed by atoms with Crippen molar-refractivity contribution in [2.45, 2.75) is 26.8 Å². The van der Waals surface area contributed by atoms with Crippen LogP contribution >= 0.6 is 0 Å². The number of aromatic hydroxyl groups is 1. The van der Waals surface area contributed by atoms with Gasteiger partial charge in [-0.1, -0.05) is 77.9 Å². The molecular formula is C26H24N2O3. The van der Waals surface area contributed by atoms with Crippen molar-refractivity contribution in [1.82, 2.24) is 9.13 Å². The van der Waals surface area contributed by atoms with Gasteiger partial charge in [-0.2, -0.15) is 0 Å². The predicted molar refractivity (Wildman–Crippen MR) is 122 cm³/mol. The zero-order valence-electron chi connectivity index (χ0n) is 17.6. The van der Waals surface area contributed by atoms with Gasteiger partial charge in [-0.3, -0.25) is 9.36 Å². The summed E-state index contributed by atoms with van der Waals surface area (Å²) in [6.45, 7) is 4.10. The molecular weight excluding hydrogens is 388 g/mol. The molecule has 0 bridgehead atoms. The maximum Gasteiger partial charge on any atom is 0.338 e. The molecule has 0 atom stereocenters. The second-order valence-corrected chi connectivity index (χ2v) is 7.79. The first-order chi connectivity index (χ1) is 14.9. The molecule has 0 aliphatic carbocycles. The highest BCUT2D eigenvalue weighted by atomic mass is 16.3. The predicted octanol–water partition coefficient (Wildman–Crippen LogP) is 3.96. The minimum Gasteiger partial charge on any atom is -0.494 e. The van der Waals surface area contributed by atoms with E-state index in [9.17, 15) is 14.7 Å². The number of benzene rings is 3. The average molecular weight is 412 g/mol. The summed E-state index contributed by atoms with van der Waals surface area (Å²) in [5.74, 6) is -0.289. The van der Waals surface area contributed by atoms with Crippen molar-refractivity contribution in [3.63, 3.8) is 0 Å². The second-order valence-electron chi connectivity index (χ2n) is 7.79. The topological polar surface area (TPSA) is 64.2 Å². The molecule has 4 rings (SSSR count). The summed E-state index contributed by atoms with van der Waals surface area (Å²) in [7, 11) is 0. The van der Waals surface area contributed by atoms with E-state index in [1.165, 1.54) is 4.57 Å². The summed E-state index contributed by atoms with van der Waals surface area (Å²) in [5, 5.41) is 11.0. The van der Waals surface area contributed by atoms with Crippen LogP contribution in [0.2, 0.25) is 0 Å². The molecule has 1 heterocycles. The van der Waals surface area contributed by atoms with Crippen molar-refractivity contribution < 1.29 is 5.11 Å². The highest BCUT2D eigenvalue weighted by Gasteiger charge is 2.20. The highest BCUT2D eigenvalue weighted by molar-refractivity contribution is 5.39. The van der Waals surface area contributed by atoms with Crippen LogP contribution in [-0.2, 0) is 13.0 Å². The molecule has 0 radical (unpaired) electrons. The molecule has 5 nitrogen and oxygen atoms in total. The Morgan fingerprint density at radius 1 is 0.742 bits per heavy atom. The van der Waals surface area contributed by atoms with E-state index in [1.54, 1.807) is 12.1 Å². The summed E-state index contributed by atoms with van der Waals surface area (Å²) >= 11 is 0. The van der Waals surface area contributed by atoms with Gasteiger partial charge in [0, 0.05) is 6.42 Å². The summed E-state index contributed by atoms with van der Waals surface area (Å²) in [6.07, 6.45) is 0.228. The molecule has 1 N–H and O–H groups in total. The molecule has 3 aromatic carbocycles. The van der Waals surface area contributed by atoms with Crippen LogP contribution in [0, 0.1) is 13.8 Å². The van der Waals surface area contributed by atoms with Crippen molar-refractivity contribution in [3.05, 3.63) is 128 Å².